The number of hydrogen-bond donors (Lipinski definition) is 0. The van der Waals surface area contributed by atoms with E-state index in [1.54, 1.807) is 0 Å². The van der Waals surface area contributed by atoms with Gasteiger partial charge in [0, 0.05) is 4.47 Å². The van der Waals surface area contributed by atoms with Crippen LogP contribution in [0.15, 0.2) is 33.9 Å². The Labute approximate surface area is 155 Å². The van der Waals surface area contributed by atoms with Crippen LogP contribution < -0.4 is 4.90 Å². The van der Waals surface area contributed by atoms with Crippen molar-refractivity contribution in [1.29, 1.82) is 0 Å². The zero-order valence-electron chi connectivity index (χ0n) is 12.2. The first-order chi connectivity index (χ1) is 12.1. The molecule has 1 aromatic carbocycles. The van der Waals surface area contributed by atoms with Crippen LogP contribution in [0.2, 0.25) is 0 Å². The molecule has 0 saturated carbocycles. The smallest absolute Gasteiger partial charge is 0.250 e. The molecule has 0 saturated heterocycles. The molecular formula is C13H3BrF10N2S. The Kier molecular flexibility index (Phi) is 4.27. The number of aromatic nitrogens is 1. The normalized spacial score (nSPS) is 18.3. The van der Waals surface area contributed by atoms with E-state index in [1.165, 1.54) is 18.2 Å². The summed E-state index contributed by atoms with van der Waals surface area (Å²) in [6, 6.07) is -1.24. The van der Waals surface area contributed by atoms with Crippen molar-refractivity contribution in [2.75, 3.05) is 4.90 Å². The third-order valence-electron chi connectivity index (χ3n) is 3.51. The maximum absolute atomic E-state index is 14.0. The molecule has 0 spiro atoms. The van der Waals surface area contributed by atoms with E-state index in [-0.39, 0.29) is 21.6 Å². The fraction of sp³-hybridized carbons (Fsp3) is 0.308. The van der Waals surface area contributed by atoms with Crippen LogP contribution in [0.4, 0.5) is 49.0 Å². The zero-order chi connectivity index (χ0) is 20.6. The lowest BCUT2D eigenvalue weighted by atomic mass is 9.95. The number of benzene rings is 1. The fourth-order valence-electron chi connectivity index (χ4n) is 2.39. The molecule has 14 heteroatoms. The first-order valence-corrected chi connectivity index (χ1v) is 8.20. The summed E-state index contributed by atoms with van der Waals surface area (Å²) in [4.78, 5) is 2.46. The van der Waals surface area contributed by atoms with Crippen LogP contribution in [-0.2, 0) is 0 Å². The summed E-state index contributed by atoms with van der Waals surface area (Å²) in [5.41, 5.74) is -6.20. The van der Waals surface area contributed by atoms with E-state index in [2.05, 4.69) is 20.9 Å². The summed E-state index contributed by atoms with van der Waals surface area (Å²) in [5.74, 6) is -6.17. The number of anilines is 1. The summed E-state index contributed by atoms with van der Waals surface area (Å²) in [7, 11) is 0. The second-order valence-corrected chi connectivity index (χ2v) is 7.20. The van der Waals surface area contributed by atoms with Crippen LogP contribution in [0.5, 0.6) is 0 Å². The zero-order valence-corrected chi connectivity index (χ0v) is 14.6. The number of thiazole rings is 1. The van der Waals surface area contributed by atoms with Crippen LogP contribution in [0.3, 0.4) is 0 Å². The summed E-state index contributed by atoms with van der Waals surface area (Å²) < 4.78 is 132. The third kappa shape index (κ3) is 2.96. The van der Waals surface area contributed by atoms with E-state index in [9.17, 15) is 43.9 Å². The average Bonchev–Trinajstić information content (AvgIpc) is 2.83. The number of halogens is 11. The van der Waals surface area contributed by atoms with Crippen LogP contribution in [-0.4, -0.2) is 29.3 Å². The number of nitrogens with zero attached hydrogens (tertiary/aromatic N) is 2. The highest BCUT2D eigenvalue weighted by atomic mass is 79.9. The van der Waals surface area contributed by atoms with Gasteiger partial charge in [0.25, 0.3) is 0 Å². The van der Waals surface area contributed by atoms with Crippen molar-refractivity contribution in [1.82, 2.24) is 4.98 Å². The van der Waals surface area contributed by atoms with Crippen molar-refractivity contribution >= 4 is 42.6 Å². The van der Waals surface area contributed by atoms with E-state index in [4.69, 9.17) is 0 Å². The molecule has 2 heterocycles. The molecule has 2 aromatic rings. The van der Waals surface area contributed by atoms with Crippen LogP contribution in [0.25, 0.3) is 10.2 Å². The highest BCUT2D eigenvalue weighted by Gasteiger charge is 2.76. The van der Waals surface area contributed by atoms with Gasteiger partial charge in [-0.1, -0.05) is 27.3 Å². The predicted octanol–water partition coefficient (Wildman–Crippen LogP) is 6.49. The van der Waals surface area contributed by atoms with Gasteiger partial charge in [0.05, 0.1) is 10.2 Å². The largest absolute Gasteiger partial charge is 0.459 e. The number of hydrogen-bond acceptors (Lipinski definition) is 3. The predicted molar refractivity (Wildman–Crippen MR) is 78.8 cm³/mol. The Bertz CT molecular complexity index is 943. The first-order valence-electron chi connectivity index (χ1n) is 6.59. The van der Waals surface area contributed by atoms with Gasteiger partial charge in [0.15, 0.2) is 10.7 Å². The van der Waals surface area contributed by atoms with E-state index < -0.39 is 45.6 Å². The third-order valence-corrected chi connectivity index (χ3v) is 5.01. The maximum atomic E-state index is 14.0. The molecule has 0 unspecified atom stereocenters. The Balaban J connectivity index is 2.25. The average molecular weight is 489 g/mol. The molecule has 0 atom stereocenters. The van der Waals surface area contributed by atoms with E-state index in [1.807, 2.05) is 0 Å². The van der Waals surface area contributed by atoms with Gasteiger partial charge in [-0.2, -0.15) is 43.9 Å². The molecule has 2 nitrogen and oxygen atoms in total. The Hall–Kier alpha value is -1.57. The van der Waals surface area contributed by atoms with E-state index in [0.29, 0.717) is 4.47 Å². The van der Waals surface area contributed by atoms with Gasteiger partial charge in [0.2, 0.25) is 0 Å². The Morgan fingerprint density at radius 2 is 1.59 bits per heavy atom. The first kappa shape index (κ1) is 20.2. The summed E-state index contributed by atoms with van der Waals surface area (Å²) >= 11 is 3.27. The molecule has 0 amide bonds. The lowest BCUT2D eigenvalue weighted by molar-refractivity contribution is -0.273. The number of fused-ring (bicyclic) bond motifs is 1. The highest BCUT2D eigenvalue weighted by molar-refractivity contribution is 9.10. The van der Waals surface area contributed by atoms with Gasteiger partial charge in [-0.15, -0.1) is 0 Å². The summed E-state index contributed by atoms with van der Waals surface area (Å²) in [6.07, 6.45) is -12.6. The monoisotopic (exact) mass is 488 g/mol. The minimum atomic E-state index is -6.52. The van der Waals surface area contributed by atoms with Gasteiger partial charge in [0.1, 0.15) is 5.70 Å². The van der Waals surface area contributed by atoms with Gasteiger partial charge < -0.3 is 0 Å². The fourth-order valence-corrected chi connectivity index (χ4v) is 3.94. The second-order valence-electron chi connectivity index (χ2n) is 5.28. The highest BCUT2D eigenvalue weighted by Crippen LogP contribution is 2.60. The van der Waals surface area contributed by atoms with Gasteiger partial charge in [-0.3, -0.25) is 0 Å². The molecule has 0 fully saturated rings. The molecule has 27 heavy (non-hydrogen) atoms. The second kappa shape index (κ2) is 5.72. The molecule has 3 rings (SSSR count). The van der Waals surface area contributed by atoms with Crippen molar-refractivity contribution in [3.05, 3.63) is 33.9 Å². The molecule has 0 aliphatic carbocycles. The number of rotatable bonds is 2. The van der Waals surface area contributed by atoms with E-state index >= 15 is 0 Å². The summed E-state index contributed by atoms with van der Waals surface area (Å²) in [5, 5.41) is -1.12. The molecule has 1 aliphatic rings. The molecule has 0 N–H and O–H groups in total. The summed E-state index contributed by atoms with van der Waals surface area (Å²) in [6.45, 7) is 0. The molecule has 0 bridgehead atoms. The minimum Gasteiger partial charge on any atom is -0.250 e. The van der Waals surface area contributed by atoms with Crippen molar-refractivity contribution in [2.24, 2.45) is 0 Å². The van der Waals surface area contributed by atoms with Crippen LogP contribution >= 0.6 is 27.3 Å². The quantitative estimate of drug-likeness (QED) is 0.355. The van der Waals surface area contributed by atoms with Crippen molar-refractivity contribution in [2.45, 2.75) is 24.3 Å². The molecular weight excluding hydrogens is 486 g/mol. The van der Waals surface area contributed by atoms with Crippen molar-refractivity contribution in [3.8, 4) is 0 Å². The standard InChI is InChI=1S/C13H3BrF10N2S/c14-4-1-2-5-6(3-4)27-9(25-5)26-8(10(15,16)13(22,23)24)7(11(17,18)19)12(26,20)21/h1-3H. The topological polar surface area (TPSA) is 16.1 Å². The minimum absolute atomic E-state index is 0.0656. The molecule has 148 valence electrons. The molecule has 0 radical (unpaired) electrons. The van der Waals surface area contributed by atoms with Gasteiger partial charge >= 0.3 is 24.3 Å². The lowest BCUT2D eigenvalue weighted by Crippen LogP contribution is -2.63. The van der Waals surface area contributed by atoms with Gasteiger partial charge in [-0.05, 0) is 18.2 Å². The Morgan fingerprint density at radius 1 is 1.00 bits per heavy atom. The van der Waals surface area contributed by atoms with Crippen molar-refractivity contribution in [3.63, 3.8) is 0 Å². The maximum Gasteiger partial charge on any atom is 0.459 e. The number of allylic oxidation sites excluding steroid dienone is 1. The molecule has 1 aromatic heterocycles. The lowest BCUT2D eigenvalue weighted by Gasteiger charge is -2.46. The van der Waals surface area contributed by atoms with Gasteiger partial charge in [-0.25, -0.2) is 9.88 Å². The van der Waals surface area contributed by atoms with E-state index in [0.717, 1.165) is 0 Å². The molecule has 1 aliphatic heterocycles. The van der Waals surface area contributed by atoms with Crippen LogP contribution in [0.1, 0.15) is 0 Å². The van der Waals surface area contributed by atoms with Crippen molar-refractivity contribution < 1.29 is 43.9 Å². The Morgan fingerprint density at radius 3 is 2.11 bits per heavy atom. The number of alkyl halides is 10. The van der Waals surface area contributed by atoms with Crippen LogP contribution in [0, 0.1) is 0 Å². The SMILES string of the molecule is FC(F)(F)C1=C(C(F)(F)C(F)(F)F)N(c2nc3ccc(Br)cc3s2)C1(F)F.